The van der Waals surface area contributed by atoms with Crippen molar-refractivity contribution >= 4 is 0 Å². The maximum absolute atomic E-state index is 10.0. The van der Waals surface area contributed by atoms with Gasteiger partial charge in [-0.25, -0.2) is 0 Å². The molecule has 1 atom stereocenters. The van der Waals surface area contributed by atoms with E-state index < -0.39 is 0 Å². The van der Waals surface area contributed by atoms with Gasteiger partial charge in [0, 0.05) is 37.8 Å². The molecule has 2 rings (SSSR count). The van der Waals surface area contributed by atoms with Crippen LogP contribution in [0, 0.1) is 0 Å². The molecule has 0 aliphatic carbocycles. The van der Waals surface area contributed by atoms with Crippen molar-refractivity contribution < 1.29 is 10.2 Å². The topological polar surface area (TPSA) is 55.7 Å². The fourth-order valence-electron chi connectivity index (χ4n) is 2.62. The lowest BCUT2D eigenvalue weighted by Crippen LogP contribution is -2.45. The van der Waals surface area contributed by atoms with Gasteiger partial charge in [-0.15, -0.1) is 0 Å². The third-order valence-electron chi connectivity index (χ3n) is 3.56. The molecule has 0 saturated carbocycles. The maximum atomic E-state index is 10.0. The number of hydrogen-bond acceptors (Lipinski definition) is 4. The van der Waals surface area contributed by atoms with Crippen LogP contribution < -0.4 is 5.32 Å². The number of para-hydroxylation sites is 1. The normalized spacial score (nSPS) is 18.7. The number of phenols is 2. The maximum Gasteiger partial charge on any atom is 0.162 e. The van der Waals surface area contributed by atoms with Crippen LogP contribution in [0.1, 0.15) is 31.4 Å². The van der Waals surface area contributed by atoms with Crippen molar-refractivity contribution in [1.82, 2.24) is 10.2 Å². The van der Waals surface area contributed by atoms with Crippen molar-refractivity contribution in [3.63, 3.8) is 0 Å². The molecule has 0 bridgehead atoms. The van der Waals surface area contributed by atoms with Crippen molar-refractivity contribution in [2.24, 2.45) is 0 Å². The highest BCUT2D eigenvalue weighted by atomic mass is 16.3. The number of hydrogen-bond donors (Lipinski definition) is 3. The van der Waals surface area contributed by atoms with E-state index in [-0.39, 0.29) is 17.5 Å². The molecule has 0 amide bonds. The fourth-order valence-corrected chi connectivity index (χ4v) is 2.62. The molecule has 1 heterocycles. The van der Waals surface area contributed by atoms with Crippen LogP contribution in [0.4, 0.5) is 0 Å². The number of benzene rings is 1. The van der Waals surface area contributed by atoms with Gasteiger partial charge in [0.2, 0.25) is 0 Å². The average molecular weight is 250 g/mol. The second-order valence-electron chi connectivity index (χ2n) is 4.81. The molecule has 0 spiro atoms. The van der Waals surface area contributed by atoms with Gasteiger partial charge in [-0.3, -0.25) is 4.90 Å². The van der Waals surface area contributed by atoms with Crippen LogP contribution in [0.5, 0.6) is 11.5 Å². The molecule has 1 aliphatic rings. The Bertz CT molecular complexity index is 389. The van der Waals surface area contributed by atoms with E-state index in [1.807, 2.05) is 6.07 Å². The highest BCUT2D eigenvalue weighted by Crippen LogP contribution is 2.37. The molecule has 0 unspecified atom stereocenters. The van der Waals surface area contributed by atoms with Gasteiger partial charge in [0.1, 0.15) is 0 Å². The lowest BCUT2D eigenvalue weighted by atomic mass is 9.98. The molecule has 1 aromatic carbocycles. The van der Waals surface area contributed by atoms with Gasteiger partial charge >= 0.3 is 0 Å². The first-order valence-corrected chi connectivity index (χ1v) is 6.69. The quantitative estimate of drug-likeness (QED) is 0.714. The minimum Gasteiger partial charge on any atom is -0.504 e. The van der Waals surface area contributed by atoms with Crippen molar-refractivity contribution in [3.05, 3.63) is 23.8 Å². The molecular formula is C14H22N2O2. The Morgan fingerprint density at radius 1 is 1.28 bits per heavy atom. The summed E-state index contributed by atoms with van der Waals surface area (Å²) in [6.07, 6.45) is 2.06. The van der Waals surface area contributed by atoms with E-state index in [0.29, 0.717) is 0 Å². The number of phenolic OH excluding ortho intramolecular Hbond substituents is 2. The summed E-state index contributed by atoms with van der Waals surface area (Å²) in [6, 6.07) is 5.44. The van der Waals surface area contributed by atoms with Crippen LogP contribution in [0.25, 0.3) is 0 Å². The minimum absolute atomic E-state index is 0.0243. The summed E-state index contributed by atoms with van der Waals surface area (Å²) in [7, 11) is 0. The zero-order valence-electron chi connectivity index (χ0n) is 10.9. The molecule has 4 heteroatoms. The fraction of sp³-hybridized carbons (Fsp3) is 0.571. The third kappa shape index (κ3) is 2.76. The smallest absolute Gasteiger partial charge is 0.162 e. The van der Waals surface area contributed by atoms with Crippen molar-refractivity contribution in [2.45, 2.75) is 25.8 Å². The molecule has 1 aliphatic heterocycles. The zero-order valence-corrected chi connectivity index (χ0v) is 10.9. The van der Waals surface area contributed by atoms with Gasteiger partial charge in [0.25, 0.3) is 0 Å². The average Bonchev–Trinajstić information content (AvgIpc) is 2.41. The van der Waals surface area contributed by atoms with Crippen molar-refractivity contribution in [1.29, 1.82) is 0 Å². The number of piperazine rings is 1. The van der Waals surface area contributed by atoms with Gasteiger partial charge in [-0.1, -0.05) is 25.5 Å². The Morgan fingerprint density at radius 2 is 2.00 bits per heavy atom. The zero-order chi connectivity index (χ0) is 13.0. The first kappa shape index (κ1) is 13.2. The lowest BCUT2D eigenvalue weighted by Gasteiger charge is -2.35. The van der Waals surface area contributed by atoms with Crippen LogP contribution in [-0.2, 0) is 0 Å². The molecule has 18 heavy (non-hydrogen) atoms. The van der Waals surface area contributed by atoms with E-state index in [4.69, 9.17) is 0 Å². The molecular weight excluding hydrogens is 228 g/mol. The Morgan fingerprint density at radius 3 is 2.67 bits per heavy atom. The van der Waals surface area contributed by atoms with Crippen molar-refractivity contribution in [3.8, 4) is 11.5 Å². The second-order valence-corrected chi connectivity index (χ2v) is 4.81. The van der Waals surface area contributed by atoms with E-state index in [1.165, 1.54) is 6.07 Å². The standard InChI is InChI=1S/C14H22N2O2/c1-2-4-12(16-9-7-15-8-10-16)11-5-3-6-13(17)14(11)18/h3,5-6,12,15,17-18H,2,4,7-10H2,1H3/t12-/m0/s1. The van der Waals surface area contributed by atoms with Gasteiger partial charge in [0.05, 0.1) is 0 Å². The first-order chi connectivity index (χ1) is 8.74. The Hall–Kier alpha value is -1.26. The predicted octanol–water partition coefficient (Wildman–Crippen LogP) is 1.84. The summed E-state index contributed by atoms with van der Waals surface area (Å²) in [5, 5.41) is 23.0. The Labute approximate surface area is 108 Å². The van der Waals surface area contributed by atoms with Crippen LogP contribution in [-0.4, -0.2) is 41.3 Å². The monoisotopic (exact) mass is 250 g/mol. The largest absolute Gasteiger partial charge is 0.504 e. The number of nitrogens with one attached hydrogen (secondary N) is 1. The molecule has 1 fully saturated rings. The molecule has 100 valence electrons. The Kier molecular flexibility index (Phi) is 4.44. The number of rotatable bonds is 4. The summed E-state index contributed by atoms with van der Waals surface area (Å²) in [6.45, 7) is 6.09. The molecule has 0 radical (unpaired) electrons. The van der Waals surface area contributed by atoms with Crippen LogP contribution >= 0.6 is 0 Å². The highest BCUT2D eigenvalue weighted by molar-refractivity contribution is 5.45. The number of aromatic hydroxyl groups is 2. The van der Waals surface area contributed by atoms with E-state index in [2.05, 4.69) is 17.1 Å². The molecule has 0 aromatic heterocycles. The van der Waals surface area contributed by atoms with Gasteiger partial charge in [0.15, 0.2) is 11.5 Å². The first-order valence-electron chi connectivity index (χ1n) is 6.69. The van der Waals surface area contributed by atoms with E-state index in [1.54, 1.807) is 6.07 Å². The van der Waals surface area contributed by atoms with Crippen LogP contribution in [0.15, 0.2) is 18.2 Å². The highest BCUT2D eigenvalue weighted by Gasteiger charge is 2.24. The SMILES string of the molecule is CCC[C@@H](c1cccc(O)c1O)N1CCNCC1. The van der Waals surface area contributed by atoms with Gasteiger partial charge < -0.3 is 15.5 Å². The molecule has 4 nitrogen and oxygen atoms in total. The molecule has 3 N–H and O–H groups in total. The summed E-state index contributed by atoms with van der Waals surface area (Å²) < 4.78 is 0. The summed E-state index contributed by atoms with van der Waals surface area (Å²) in [5.74, 6) is 0.0122. The summed E-state index contributed by atoms with van der Waals surface area (Å²) in [5.41, 5.74) is 0.846. The molecule has 1 aromatic rings. The van der Waals surface area contributed by atoms with E-state index >= 15 is 0 Å². The lowest BCUT2D eigenvalue weighted by molar-refractivity contribution is 0.161. The third-order valence-corrected chi connectivity index (χ3v) is 3.56. The van der Waals surface area contributed by atoms with Gasteiger partial charge in [-0.2, -0.15) is 0 Å². The summed E-state index contributed by atoms with van der Waals surface area (Å²) in [4.78, 5) is 2.38. The number of nitrogens with zero attached hydrogens (tertiary/aromatic N) is 1. The Balaban J connectivity index is 2.25. The van der Waals surface area contributed by atoms with E-state index in [9.17, 15) is 10.2 Å². The van der Waals surface area contributed by atoms with Gasteiger partial charge in [-0.05, 0) is 12.5 Å². The van der Waals surface area contributed by atoms with Crippen molar-refractivity contribution in [2.75, 3.05) is 26.2 Å². The predicted molar refractivity (Wildman–Crippen MR) is 71.9 cm³/mol. The van der Waals surface area contributed by atoms with Crippen LogP contribution in [0.3, 0.4) is 0 Å². The molecule has 1 saturated heterocycles. The second kappa shape index (κ2) is 6.07. The van der Waals surface area contributed by atoms with E-state index in [0.717, 1.165) is 44.6 Å². The van der Waals surface area contributed by atoms with Crippen LogP contribution in [0.2, 0.25) is 0 Å². The summed E-state index contributed by atoms with van der Waals surface area (Å²) >= 11 is 0. The minimum atomic E-state index is -0.0243.